The van der Waals surface area contributed by atoms with Gasteiger partial charge in [-0.05, 0) is 25.3 Å². The van der Waals surface area contributed by atoms with Gasteiger partial charge in [0.25, 0.3) is 0 Å². The van der Waals surface area contributed by atoms with E-state index in [1.807, 2.05) is 30.3 Å². The number of aliphatic hydroxyl groups excluding tert-OH is 1. The molecule has 1 amide bonds. The second-order valence-corrected chi connectivity index (χ2v) is 6.19. The Bertz CT molecular complexity index is 669. The van der Waals surface area contributed by atoms with Gasteiger partial charge in [-0.25, -0.2) is 0 Å². The molecule has 1 rings (SSSR count). The number of carboxylic acids is 3. The molecule has 1 aromatic carbocycles. The predicted molar refractivity (Wildman–Crippen MR) is 107 cm³/mol. The summed E-state index contributed by atoms with van der Waals surface area (Å²) in [5.74, 6) is -3.78. The highest BCUT2D eigenvalue weighted by Crippen LogP contribution is 2.01. The van der Waals surface area contributed by atoms with Crippen molar-refractivity contribution in [1.29, 1.82) is 0 Å². The standard InChI is InChI=1S/C9H11NO2.C5H10N2O3.C4H9NO3/c10-8(9(11)12)6-7-4-2-1-3-5-7;6-3(5(9)10)1-2-4(7)8;1-2(6)3(5)4(7)8/h1-5,8H,6,10H2,(H,11,12);3H,1-2,6H2,(H2,7,8)(H,9,10);2-3,6H,5H2,1H3,(H,7,8). The zero-order valence-electron chi connectivity index (χ0n) is 16.5. The number of carboxylic acid groups (broad SMARTS) is 3. The molecule has 170 valence electrons. The van der Waals surface area contributed by atoms with Gasteiger partial charge in [-0.2, -0.15) is 0 Å². The third-order valence-electron chi connectivity index (χ3n) is 3.44. The summed E-state index contributed by atoms with van der Waals surface area (Å²) >= 11 is 0. The second-order valence-electron chi connectivity index (χ2n) is 6.19. The Hall–Kier alpha value is -3.06. The van der Waals surface area contributed by atoms with Gasteiger partial charge in [-0.15, -0.1) is 0 Å². The molecule has 12 heteroatoms. The number of amides is 1. The minimum absolute atomic E-state index is 0.0213. The highest BCUT2D eigenvalue weighted by molar-refractivity contribution is 5.77. The lowest BCUT2D eigenvalue weighted by Crippen LogP contribution is -2.39. The zero-order chi connectivity index (χ0) is 23.9. The first-order valence-electron chi connectivity index (χ1n) is 8.75. The molecular weight excluding hydrogens is 400 g/mol. The number of carbonyl (C=O) groups excluding carboxylic acids is 1. The first kappa shape index (κ1) is 29.1. The van der Waals surface area contributed by atoms with Crippen LogP contribution in [0.3, 0.4) is 0 Å². The van der Waals surface area contributed by atoms with Gasteiger partial charge in [-0.1, -0.05) is 30.3 Å². The summed E-state index contributed by atoms with van der Waals surface area (Å²) in [6.07, 6.45) is -0.471. The van der Waals surface area contributed by atoms with Crippen LogP contribution in [0.15, 0.2) is 30.3 Å². The van der Waals surface area contributed by atoms with Crippen LogP contribution in [0.25, 0.3) is 0 Å². The highest BCUT2D eigenvalue weighted by Gasteiger charge is 2.16. The van der Waals surface area contributed by atoms with Crippen molar-refractivity contribution < 1.29 is 39.6 Å². The molecule has 4 unspecified atom stereocenters. The highest BCUT2D eigenvalue weighted by atomic mass is 16.4. The van der Waals surface area contributed by atoms with E-state index in [0.717, 1.165) is 5.56 Å². The van der Waals surface area contributed by atoms with Crippen LogP contribution < -0.4 is 22.9 Å². The first-order chi connectivity index (χ1) is 13.8. The maximum Gasteiger partial charge on any atom is 0.323 e. The largest absolute Gasteiger partial charge is 0.480 e. The number of rotatable bonds is 9. The van der Waals surface area contributed by atoms with Crippen molar-refractivity contribution in [3.8, 4) is 0 Å². The van der Waals surface area contributed by atoms with Crippen molar-refractivity contribution in [1.82, 2.24) is 0 Å². The Balaban J connectivity index is 0. The van der Waals surface area contributed by atoms with Crippen LogP contribution in [-0.4, -0.2) is 68.5 Å². The number of carbonyl (C=O) groups is 4. The molecule has 12 N–H and O–H groups in total. The van der Waals surface area contributed by atoms with Crippen LogP contribution in [0.1, 0.15) is 25.3 Å². The van der Waals surface area contributed by atoms with Crippen molar-refractivity contribution >= 4 is 23.8 Å². The van der Waals surface area contributed by atoms with Crippen LogP contribution in [0, 0.1) is 0 Å². The molecule has 0 saturated heterocycles. The van der Waals surface area contributed by atoms with E-state index in [0.29, 0.717) is 6.42 Å². The number of nitrogens with two attached hydrogens (primary N) is 4. The fraction of sp³-hybridized carbons (Fsp3) is 0.444. The third kappa shape index (κ3) is 15.9. The molecule has 0 saturated carbocycles. The van der Waals surface area contributed by atoms with E-state index in [4.69, 9.17) is 43.4 Å². The number of primary amides is 1. The van der Waals surface area contributed by atoms with E-state index in [1.54, 1.807) is 0 Å². The summed E-state index contributed by atoms with van der Waals surface area (Å²) in [6.45, 7) is 1.33. The summed E-state index contributed by atoms with van der Waals surface area (Å²) in [5, 5.41) is 33.3. The molecule has 0 bridgehead atoms. The van der Waals surface area contributed by atoms with Gasteiger partial charge in [0.15, 0.2) is 0 Å². The van der Waals surface area contributed by atoms with Gasteiger partial charge in [0, 0.05) is 6.42 Å². The molecule has 12 nitrogen and oxygen atoms in total. The Kier molecular flexibility index (Phi) is 15.4. The Morgan fingerprint density at radius 1 is 0.867 bits per heavy atom. The Morgan fingerprint density at radius 3 is 1.63 bits per heavy atom. The van der Waals surface area contributed by atoms with Crippen LogP contribution >= 0.6 is 0 Å². The Labute approximate surface area is 173 Å². The van der Waals surface area contributed by atoms with Gasteiger partial charge in [-0.3, -0.25) is 19.2 Å². The maximum absolute atomic E-state index is 10.4. The fourth-order valence-corrected chi connectivity index (χ4v) is 1.58. The van der Waals surface area contributed by atoms with Gasteiger partial charge in [0.05, 0.1) is 6.10 Å². The van der Waals surface area contributed by atoms with Crippen molar-refractivity contribution in [3.05, 3.63) is 35.9 Å². The second kappa shape index (κ2) is 15.8. The first-order valence-corrected chi connectivity index (χ1v) is 8.75. The van der Waals surface area contributed by atoms with Crippen LogP contribution in [0.4, 0.5) is 0 Å². The number of hydrogen-bond acceptors (Lipinski definition) is 8. The molecule has 0 aliphatic heterocycles. The van der Waals surface area contributed by atoms with E-state index in [1.165, 1.54) is 6.92 Å². The topological polar surface area (TPSA) is 253 Å². The normalized spacial score (nSPS) is 13.8. The number of hydrogen-bond donors (Lipinski definition) is 8. The van der Waals surface area contributed by atoms with E-state index in [9.17, 15) is 19.2 Å². The van der Waals surface area contributed by atoms with Crippen molar-refractivity contribution in [2.45, 2.75) is 50.4 Å². The summed E-state index contributed by atoms with van der Waals surface area (Å²) in [5.41, 5.74) is 21.0. The van der Waals surface area contributed by atoms with Gasteiger partial charge < -0.3 is 43.4 Å². The van der Waals surface area contributed by atoms with Crippen LogP contribution in [-0.2, 0) is 25.6 Å². The van der Waals surface area contributed by atoms with Gasteiger partial charge in [0.1, 0.15) is 18.1 Å². The summed E-state index contributed by atoms with van der Waals surface area (Å²) in [4.78, 5) is 40.4. The molecular formula is C18H30N4O8. The summed E-state index contributed by atoms with van der Waals surface area (Å²) in [6, 6.07) is 6.41. The monoisotopic (exact) mass is 430 g/mol. The SMILES string of the molecule is CC(O)C(N)C(=O)O.NC(=O)CCC(N)C(=O)O.NC(Cc1ccccc1)C(=O)O. The zero-order valence-corrected chi connectivity index (χ0v) is 16.5. The number of aliphatic carboxylic acids is 3. The van der Waals surface area contributed by atoms with E-state index < -0.39 is 48.0 Å². The van der Waals surface area contributed by atoms with Crippen molar-refractivity contribution in [3.63, 3.8) is 0 Å². The molecule has 30 heavy (non-hydrogen) atoms. The minimum atomic E-state index is -1.18. The molecule has 0 heterocycles. The lowest BCUT2D eigenvalue weighted by Gasteiger charge is -2.06. The van der Waals surface area contributed by atoms with Crippen molar-refractivity contribution in [2.24, 2.45) is 22.9 Å². The summed E-state index contributed by atoms with van der Waals surface area (Å²) in [7, 11) is 0. The lowest BCUT2D eigenvalue weighted by atomic mass is 10.1. The van der Waals surface area contributed by atoms with Gasteiger partial charge in [0.2, 0.25) is 5.91 Å². The van der Waals surface area contributed by atoms with Crippen LogP contribution in [0.5, 0.6) is 0 Å². The van der Waals surface area contributed by atoms with Crippen LogP contribution in [0.2, 0.25) is 0 Å². The number of benzene rings is 1. The fourth-order valence-electron chi connectivity index (χ4n) is 1.58. The summed E-state index contributed by atoms with van der Waals surface area (Å²) < 4.78 is 0. The quantitative estimate of drug-likeness (QED) is 0.214. The molecule has 0 aromatic heterocycles. The number of aliphatic hydroxyl groups is 1. The van der Waals surface area contributed by atoms with E-state index >= 15 is 0 Å². The molecule has 4 atom stereocenters. The average Bonchev–Trinajstić information content (AvgIpc) is 2.66. The molecule has 0 aliphatic rings. The van der Waals surface area contributed by atoms with E-state index in [-0.39, 0.29) is 12.8 Å². The average molecular weight is 430 g/mol. The minimum Gasteiger partial charge on any atom is -0.480 e. The lowest BCUT2D eigenvalue weighted by molar-refractivity contribution is -0.141. The molecule has 0 aliphatic carbocycles. The van der Waals surface area contributed by atoms with E-state index in [2.05, 4.69) is 0 Å². The molecule has 0 radical (unpaired) electrons. The van der Waals surface area contributed by atoms with Crippen molar-refractivity contribution in [2.75, 3.05) is 0 Å². The molecule has 0 fully saturated rings. The predicted octanol–water partition coefficient (Wildman–Crippen LogP) is -1.92. The maximum atomic E-state index is 10.4. The smallest absolute Gasteiger partial charge is 0.323 e. The molecule has 1 aromatic rings. The molecule has 0 spiro atoms. The third-order valence-corrected chi connectivity index (χ3v) is 3.44. The van der Waals surface area contributed by atoms with Gasteiger partial charge >= 0.3 is 17.9 Å². The Morgan fingerprint density at radius 2 is 1.33 bits per heavy atom.